The SMILES string of the molecule is C#CCOCCOCCOCCOCCOC(=O)CCCCCCCCC. The molecule has 0 aliphatic rings. The third-order valence-electron chi connectivity index (χ3n) is 3.78. The predicted molar refractivity (Wildman–Crippen MR) is 106 cm³/mol. The number of esters is 1. The molecule has 0 aromatic rings. The number of hydrogen-bond acceptors (Lipinski definition) is 6. The van der Waals surface area contributed by atoms with Crippen molar-refractivity contribution in [2.24, 2.45) is 0 Å². The van der Waals surface area contributed by atoms with Crippen molar-refractivity contribution in [2.75, 3.05) is 59.5 Å². The van der Waals surface area contributed by atoms with Gasteiger partial charge in [0.05, 0.1) is 46.2 Å². The van der Waals surface area contributed by atoms with E-state index >= 15 is 0 Å². The first-order chi connectivity index (χ1) is 13.3. The Morgan fingerprint density at radius 3 is 1.74 bits per heavy atom. The quantitative estimate of drug-likeness (QED) is 0.171. The normalized spacial score (nSPS) is 10.7. The maximum absolute atomic E-state index is 11.6. The van der Waals surface area contributed by atoms with Crippen molar-refractivity contribution in [1.82, 2.24) is 0 Å². The Bertz CT molecular complexity index is 353. The van der Waals surface area contributed by atoms with Crippen LogP contribution in [0, 0.1) is 12.3 Å². The van der Waals surface area contributed by atoms with E-state index in [1.807, 2.05) is 0 Å². The highest BCUT2D eigenvalue weighted by atomic mass is 16.6. The number of carbonyl (C=O) groups is 1. The summed E-state index contributed by atoms with van der Waals surface area (Å²) in [4.78, 5) is 11.6. The molecule has 27 heavy (non-hydrogen) atoms. The van der Waals surface area contributed by atoms with Crippen molar-refractivity contribution in [3.63, 3.8) is 0 Å². The summed E-state index contributed by atoms with van der Waals surface area (Å²) >= 11 is 0. The summed E-state index contributed by atoms with van der Waals surface area (Å²) in [6.07, 6.45) is 13.9. The molecule has 0 fully saturated rings. The summed E-state index contributed by atoms with van der Waals surface area (Å²) in [6.45, 7) is 6.20. The van der Waals surface area contributed by atoms with Crippen LogP contribution in [-0.4, -0.2) is 65.4 Å². The van der Waals surface area contributed by atoms with E-state index in [1.54, 1.807) is 0 Å². The zero-order chi connectivity index (χ0) is 19.8. The van der Waals surface area contributed by atoms with Gasteiger partial charge in [0.1, 0.15) is 13.2 Å². The molecule has 6 heteroatoms. The van der Waals surface area contributed by atoms with Crippen LogP contribution >= 0.6 is 0 Å². The summed E-state index contributed by atoms with van der Waals surface area (Å²) in [7, 11) is 0. The Morgan fingerprint density at radius 1 is 0.704 bits per heavy atom. The topological polar surface area (TPSA) is 63.2 Å². The number of carbonyl (C=O) groups excluding carboxylic acids is 1. The van der Waals surface area contributed by atoms with E-state index < -0.39 is 0 Å². The van der Waals surface area contributed by atoms with Gasteiger partial charge in [-0.2, -0.15) is 0 Å². The van der Waals surface area contributed by atoms with E-state index in [2.05, 4.69) is 12.8 Å². The Hall–Kier alpha value is -1.13. The highest BCUT2D eigenvalue weighted by molar-refractivity contribution is 5.69. The van der Waals surface area contributed by atoms with E-state index in [1.165, 1.54) is 32.1 Å². The molecule has 0 heterocycles. The second-order valence-corrected chi connectivity index (χ2v) is 6.19. The largest absolute Gasteiger partial charge is 0.463 e. The van der Waals surface area contributed by atoms with Gasteiger partial charge in [-0.15, -0.1) is 6.42 Å². The summed E-state index contributed by atoms with van der Waals surface area (Å²) in [5, 5.41) is 0. The Morgan fingerprint density at radius 2 is 1.19 bits per heavy atom. The first kappa shape index (κ1) is 25.9. The number of rotatable bonds is 21. The van der Waals surface area contributed by atoms with Crippen LogP contribution in [0.1, 0.15) is 58.3 Å². The fourth-order valence-corrected chi connectivity index (χ4v) is 2.30. The minimum absolute atomic E-state index is 0.133. The van der Waals surface area contributed by atoms with E-state index in [0.717, 1.165) is 12.8 Å². The average molecular weight is 387 g/mol. The molecule has 0 saturated heterocycles. The predicted octanol–water partition coefficient (Wildman–Crippen LogP) is 3.37. The second-order valence-electron chi connectivity index (χ2n) is 6.19. The van der Waals surface area contributed by atoms with Gasteiger partial charge >= 0.3 is 5.97 Å². The number of unbranched alkanes of at least 4 members (excludes halogenated alkanes) is 6. The van der Waals surface area contributed by atoms with Crippen molar-refractivity contribution >= 4 is 5.97 Å². The number of terminal acetylenes is 1. The van der Waals surface area contributed by atoms with Crippen LogP contribution in [0.25, 0.3) is 0 Å². The fourth-order valence-electron chi connectivity index (χ4n) is 2.30. The molecule has 0 aromatic carbocycles. The smallest absolute Gasteiger partial charge is 0.305 e. The van der Waals surface area contributed by atoms with Crippen LogP contribution in [0.3, 0.4) is 0 Å². The van der Waals surface area contributed by atoms with Crippen molar-refractivity contribution < 1.29 is 28.5 Å². The van der Waals surface area contributed by atoms with Gasteiger partial charge in [-0.1, -0.05) is 51.4 Å². The highest BCUT2D eigenvalue weighted by Gasteiger charge is 2.02. The van der Waals surface area contributed by atoms with Gasteiger partial charge in [0.2, 0.25) is 0 Å². The molecule has 0 unspecified atom stereocenters. The number of ether oxygens (including phenoxy) is 5. The molecule has 0 N–H and O–H groups in total. The zero-order valence-corrected chi connectivity index (χ0v) is 17.0. The third kappa shape index (κ3) is 22.8. The molecular weight excluding hydrogens is 348 g/mol. The van der Waals surface area contributed by atoms with Gasteiger partial charge in [-0.3, -0.25) is 4.79 Å². The average Bonchev–Trinajstić information content (AvgIpc) is 2.67. The lowest BCUT2D eigenvalue weighted by Gasteiger charge is -2.07. The molecule has 0 spiro atoms. The third-order valence-corrected chi connectivity index (χ3v) is 3.78. The summed E-state index contributed by atoms with van der Waals surface area (Å²) in [6, 6.07) is 0. The molecule has 0 atom stereocenters. The maximum atomic E-state index is 11.6. The molecule has 0 amide bonds. The van der Waals surface area contributed by atoms with Crippen LogP contribution in [0.15, 0.2) is 0 Å². The summed E-state index contributed by atoms with van der Waals surface area (Å²) < 4.78 is 26.2. The van der Waals surface area contributed by atoms with Crippen molar-refractivity contribution in [2.45, 2.75) is 58.3 Å². The van der Waals surface area contributed by atoms with Gasteiger partial charge in [-0.05, 0) is 6.42 Å². The first-order valence-electron chi connectivity index (χ1n) is 10.2. The Kier molecular flexibility index (Phi) is 22.0. The molecule has 0 saturated carbocycles. The van der Waals surface area contributed by atoms with Gasteiger partial charge in [-0.25, -0.2) is 0 Å². The maximum Gasteiger partial charge on any atom is 0.305 e. The number of hydrogen-bond donors (Lipinski definition) is 0. The molecule has 0 bridgehead atoms. The van der Waals surface area contributed by atoms with Crippen LogP contribution in [0.4, 0.5) is 0 Å². The van der Waals surface area contributed by atoms with Crippen LogP contribution in [0.2, 0.25) is 0 Å². The second kappa shape index (κ2) is 22.9. The lowest BCUT2D eigenvalue weighted by Crippen LogP contribution is -2.14. The van der Waals surface area contributed by atoms with E-state index in [0.29, 0.717) is 65.9 Å². The zero-order valence-electron chi connectivity index (χ0n) is 17.0. The minimum Gasteiger partial charge on any atom is -0.463 e. The Labute approximate surface area is 165 Å². The molecular formula is C21H38O6. The Balaban J connectivity index is 3.13. The van der Waals surface area contributed by atoms with E-state index in [4.69, 9.17) is 30.1 Å². The lowest BCUT2D eigenvalue weighted by atomic mass is 10.1. The minimum atomic E-state index is -0.133. The van der Waals surface area contributed by atoms with Crippen molar-refractivity contribution in [1.29, 1.82) is 0 Å². The van der Waals surface area contributed by atoms with Crippen molar-refractivity contribution in [3.8, 4) is 12.3 Å². The van der Waals surface area contributed by atoms with Gasteiger partial charge in [0, 0.05) is 6.42 Å². The molecule has 0 aliphatic carbocycles. The van der Waals surface area contributed by atoms with Crippen molar-refractivity contribution in [3.05, 3.63) is 0 Å². The molecule has 0 aliphatic heterocycles. The molecule has 0 rings (SSSR count). The summed E-state index contributed by atoms with van der Waals surface area (Å²) in [5.41, 5.74) is 0. The van der Waals surface area contributed by atoms with Crippen LogP contribution in [0.5, 0.6) is 0 Å². The van der Waals surface area contributed by atoms with Crippen LogP contribution < -0.4 is 0 Å². The standard InChI is InChI=1S/C21H38O6/c1-3-5-6-7-8-9-10-11-21(22)27-20-19-26-18-17-25-16-15-24-14-13-23-12-4-2/h2H,3,5-20H2,1H3. The van der Waals surface area contributed by atoms with E-state index in [-0.39, 0.29) is 5.97 Å². The van der Waals surface area contributed by atoms with Crippen LogP contribution in [-0.2, 0) is 28.5 Å². The molecule has 6 nitrogen and oxygen atoms in total. The molecule has 158 valence electrons. The highest BCUT2D eigenvalue weighted by Crippen LogP contribution is 2.08. The molecule has 0 aromatic heterocycles. The monoisotopic (exact) mass is 386 g/mol. The lowest BCUT2D eigenvalue weighted by molar-refractivity contribution is -0.145. The van der Waals surface area contributed by atoms with Gasteiger partial charge < -0.3 is 23.7 Å². The molecule has 0 radical (unpaired) electrons. The van der Waals surface area contributed by atoms with E-state index in [9.17, 15) is 4.79 Å². The fraction of sp³-hybridized carbons (Fsp3) is 0.857. The van der Waals surface area contributed by atoms with Gasteiger partial charge in [0.25, 0.3) is 0 Å². The first-order valence-corrected chi connectivity index (χ1v) is 10.2. The summed E-state index contributed by atoms with van der Waals surface area (Å²) in [5.74, 6) is 2.26. The van der Waals surface area contributed by atoms with Gasteiger partial charge in [0.15, 0.2) is 0 Å².